The number of nitrogens with zero attached hydrogens (tertiary/aromatic N) is 10. The third-order valence-electron chi connectivity index (χ3n) is 6.16. The highest BCUT2D eigenvalue weighted by Gasteiger charge is 2.34. The Kier molecular flexibility index (Phi) is 4.30. The van der Waals surface area contributed by atoms with Crippen LogP contribution >= 0.6 is 0 Å². The minimum absolute atomic E-state index is 0.268. The molecule has 6 heterocycles. The zero-order chi connectivity index (χ0) is 20.8. The molecule has 0 unspecified atom stereocenters. The molecule has 4 aromatic heterocycles. The molecule has 2 atom stereocenters. The molecule has 12 heteroatoms. The lowest BCUT2D eigenvalue weighted by molar-refractivity contribution is 0.0868. The average Bonchev–Trinajstić information content (AvgIpc) is 3.54. The molecule has 31 heavy (non-hydrogen) atoms. The van der Waals surface area contributed by atoms with E-state index in [4.69, 9.17) is 10.2 Å². The molecule has 0 aliphatic carbocycles. The molecule has 0 aromatic carbocycles. The summed E-state index contributed by atoms with van der Waals surface area (Å²) in [4.78, 5) is 22.5. The van der Waals surface area contributed by atoms with Crippen LogP contribution in [0.3, 0.4) is 0 Å². The molecule has 0 radical (unpaired) electrons. The molecule has 12 nitrogen and oxygen atoms in total. The maximum atomic E-state index is 6.17. The van der Waals surface area contributed by atoms with Gasteiger partial charge in [0.05, 0.1) is 6.26 Å². The summed E-state index contributed by atoms with van der Waals surface area (Å²) in [6.45, 7) is 4.70. The van der Waals surface area contributed by atoms with E-state index in [1.54, 1.807) is 31.1 Å². The molecule has 0 amide bonds. The smallest absolute Gasteiger partial charge is 0.259 e. The number of hydrogen-bond acceptors (Lipinski definition) is 10. The lowest BCUT2D eigenvalue weighted by atomic mass is 9.91. The molecule has 160 valence electrons. The number of nitrogen functional groups attached to an aromatic ring is 1. The largest absolute Gasteiger partial charge is 0.461 e. The van der Waals surface area contributed by atoms with Crippen molar-refractivity contribution in [3.05, 3.63) is 31.1 Å². The van der Waals surface area contributed by atoms with Crippen molar-refractivity contribution in [2.75, 3.05) is 36.8 Å². The number of anilines is 2. The van der Waals surface area contributed by atoms with Gasteiger partial charge < -0.3 is 15.1 Å². The molecular weight excluding hydrogens is 398 g/mol. The Morgan fingerprint density at radius 3 is 2.94 bits per heavy atom. The number of piperazine rings is 1. The molecule has 2 aliphatic rings. The van der Waals surface area contributed by atoms with Crippen LogP contribution in [0, 0.1) is 5.92 Å². The fraction of sp³-hybridized carbons (Fsp3) is 0.474. The van der Waals surface area contributed by atoms with Crippen molar-refractivity contribution in [1.82, 2.24) is 44.2 Å². The fourth-order valence-electron chi connectivity index (χ4n) is 4.63. The maximum Gasteiger partial charge on any atom is 0.259 e. The normalized spacial score (nSPS) is 22.1. The van der Waals surface area contributed by atoms with Crippen LogP contribution < -0.4 is 10.6 Å². The molecule has 2 fully saturated rings. The molecule has 2 saturated heterocycles. The number of hydrogen-bond donors (Lipinski definition) is 1. The van der Waals surface area contributed by atoms with Gasteiger partial charge in [-0.2, -0.15) is 24.6 Å². The molecule has 0 spiro atoms. The van der Waals surface area contributed by atoms with E-state index in [9.17, 15) is 0 Å². The van der Waals surface area contributed by atoms with Crippen LogP contribution in [-0.4, -0.2) is 76.5 Å². The second-order valence-corrected chi connectivity index (χ2v) is 8.16. The molecule has 4 aromatic rings. The number of fused-ring (bicyclic) bond motifs is 2. The van der Waals surface area contributed by atoms with Gasteiger partial charge in [0.15, 0.2) is 5.76 Å². The molecule has 2 aliphatic heterocycles. The van der Waals surface area contributed by atoms with Crippen LogP contribution in [0.4, 0.5) is 11.9 Å². The van der Waals surface area contributed by atoms with E-state index in [1.807, 2.05) is 4.68 Å². The third kappa shape index (κ3) is 3.38. The van der Waals surface area contributed by atoms with Crippen molar-refractivity contribution in [2.45, 2.75) is 25.4 Å². The van der Waals surface area contributed by atoms with Gasteiger partial charge in [-0.05, 0) is 30.9 Å². The molecule has 0 bridgehead atoms. The minimum atomic E-state index is 0.268. The predicted molar refractivity (Wildman–Crippen MR) is 111 cm³/mol. The van der Waals surface area contributed by atoms with Crippen LogP contribution in [0.5, 0.6) is 0 Å². The van der Waals surface area contributed by atoms with E-state index >= 15 is 0 Å². The van der Waals surface area contributed by atoms with Crippen molar-refractivity contribution in [3.63, 3.8) is 0 Å². The summed E-state index contributed by atoms with van der Waals surface area (Å²) < 4.78 is 8.77. The topological polar surface area (TPSA) is 132 Å². The van der Waals surface area contributed by atoms with E-state index in [-0.39, 0.29) is 5.95 Å². The number of piperidine rings is 1. The number of nitrogens with two attached hydrogens (primary N) is 1. The summed E-state index contributed by atoms with van der Waals surface area (Å²) in [5.41, 5.74) is 6.17. The standard InChI is InChI=1S/C19H23N11O/c20-17-24-18(25-19-23-16(26-30(17)19)15-2-1-7-31-15)28-6-5-27-8-13(3-4-14(27)10-28)9-29-12-21-11-22-29/h1-2,7,11-14H,3-6,8-10H2,(H2,20,23,24,25,26)/t13-,14-/m0/s1. The van der Waals surface area contributed by atoms with Gasteiger partial charge in [0.25, 0.3) is 5.78 Å². The Labute approximate surface area is 177 Å². The maximum absolute atomic E-state index is 6.17. The molecule has 2 N–H and O–H groups in total. The fourth-order valence-corrected chi connectivity index (χ4v) is 4.63. The summed E-state index contributed by atoms with van der Waals surface area (Å²) in [5, 5.41) is 8.62. The quantitative estimate of drug-likeness (QED) is 0.498. The van der Waals surface area contributed by atoms with Gasteiger partial charge in [-0.25, -0.2) is 4.98 Å². The van der Waals surface area contributed by atoms with Gasteiger partial charge in [0.1, 0.15) is 12.7 Å². The summed E-state index contributed by atoms with van der Waals surface area (Å²) in [6.07, 6.45) is 7.29. The third-order valence-corrected chi connectivity index (χ3v) is 6.16. The van der Waals surface area contributed by atoms with E-state index in [0.29, 0.717) is 35.3 Å². The van der Waals surface area contributed by atoms with E-state index in [2.05, 4.69) is 39.9 Å². The van der Waals surface area contributed by atoms with Crippen LogP contribution in [-0.2, 0) is 6.54 Å². The molecule has 6 rings (SSSR count). The van der Waals surface area contributed by atoms with Crippen LogP contribution in [0.15, 0.2) is 35.5 Å². The summed E-state index contributed by atoms with van der Waals surface area (Å²) in [5.74, 6) is 2.91. The highest BCUT2D eigenvalue weighted by molar-refractivity contribution is 5.53. The minimum Gasteiger partial charge on any atom is -0.461 e. The van der Waals surface area contributed by atoms with E-state index < -0.39 is 0 Å². The first-order valence-corrected chi connectivity index (χ1v) is 10.5. The van der Waals surface area contributed by atoms with Gasteiger partial charge in [-0.15, -0.1) is 5.10 Å². The highest BCUT2D eigenvalue weighted by atomic mass is 16.3. The van der Waals surface area contributed by atoms with Crippen molar-refractivity contribution < 1.29 is 4.42 Å². The lowest BCUT2D eigenvalue weighted by Gasteiger charge is -2.46. The van der Waals surface area contributed by atoms with Gasteiger partial charge in [0, 0.05) is 38.8 Å². The summed E-state index contributed by atoms with van der Waals surface area (Å²) in [6, 6.07) is 4.08. The first-order chi connectivity index (χ1) is 15.2. The molecular formula is C19H23N11O. The van der Waals surface area contributed by atoms with Crippen molar-refractivity contribution >= 4 is 17.7 Å². The number of aromatic nitrogens is 8. The second-order valence-electron chi connectivity index (χ2n) is 8.16. The first kappa shape index (κ1) is 18.2. The zero-order valence-corrected chi connectivity index (χ0v) is 16.9. The van der Waals surface area contributed by atoms with Gasteiger partial charge in [-0.3, -0.25) is 9.58 Å². The first-order valence-electron chi connectivity index (χ1n) is 10.5. The van der Waals surface area contributed by atoms with Crippen molar-refractivity contribution in [2.24, 2.45) is 5.92 Å². The van der Waals surface area contributed by atoms with Gasteiger partial charge in [0.2, 0.25) is 17.7 Å². The van der Waals surface area contributed by atoms with Gasteiger partial charge in [-0.1, -0.05) is 0 Å². The summed E-state index contributed by atoms with van der Waals surface area (Å²) in [7, 11) is 0. The van der Waals surface area contributed by atoms with Crippen molar-refractivity contribution in [1.29, 1.82) is 0 Å². The van der Waals surface area contributed by atoms with Crippen LogP contribution in [0.2, 0.25) is 0 Å². The Bertz CT molecular complexity index is 1170. The van der Waals surface area contributed by atoms with Gasteiger partial charge >= 0.3 is 0 Å². The summed E-state index contributed by atoms with van der Waals surface area (Å²) >= 11 is 0. The highest BCUT2D eigenvalue weighted by Crippen LogP contribution is 2.28. The lowest BCUT2D eigenvalue weighted by Crippen LogP contribution is -2.57. The van der Waals surface area contributed by atoms with Crippen LogP contribution in [0.1, 0.15) is 12.8 Å². The van der Waals surface area contributed by atoms with Crippen molar-refractivity contribution in [3.8, 4) is 11.6 Å². The molecule has 0 saturated carbocycles. The van der Waals surface area contributed by atoms with E-state index in [0.717, 1.165) is 39.1 Å². The van der Waals surface area contributed by atoms with E-state index in [1.165, 1.54) is 10.9 Å². The predicted octanol–water partition coefficient (Wildman–Crippen LogP) is 0.554. The number of rotatable bonds is 4. The Morgan fingerprint density at radius 1 is 1.13 bits per heavy atom. The SMILES string of the molecule is Nc1nc(N2CCN3C[C@@H](Cn4cncn4)CC[C@H]3C2)nc2nc(-c3ccco3)nn12. The Hall–Kier alpha value is -3.54. The second kappa shape index (κ2) is 7.30. The monoisotopic (exact) mass is 421 g/mol. The average molecular weight is 421 g/mol. The number of furan rings is 1. The van der Waals surface area contributed by atoms with Crippen LogP contribution in [0.25, 0.3) is 17.4 Å². The Balaban J connectivity index is 1.18. The Morgan fingerprint density at radius 2 is 2.10 bits per heavy atom. The zero-order valence-electron chi connectivity index (χ0n) is 16.9.